The number of aliphatic carboxylic acids is 1. The summed E-state index contributed by atoms with van der Waals surface area (Å²) in [5, 5.41) is 16.5. The molecule has 0 aliphatic heterocycles. The first-order valence-electron chi connectivity index (χ1n) is 5.36. The van der Waals surface area contributed by atoms with Crippen molar-refractivity contribution in [1.82, 2.24) is 10.2 Å². The molecule has 0 saturated carbocycles. The summed E-state index contributed by atoms with van der Waals surface area (Å²) < 4.78 is 5.35. The first kappa shape index (κ1) is 12.6. The molecule has 0 spiro atoms. The molecular formula is C12H12N2O3S. The van der Waals surface area contributed by atoms with Crippen LogP contribution < -0.4 is 0 Å². The van der Waals surface area contributed by atoms with Crippen molar-refractivity contribution in [3.8, 4) is 0 Å². The Labute approximate surface area is 108 Å². The Morgan fingerprint density at radius 1 is 1.33 bits per heavy atom. The van der Waals surface area contributed by atoms with Gasteiger partial charge in [-0.05, 0) is 12.5 Å². The molecule has 0 bridgehead atoms. The summed E-state index contributed by atoms with van der Waals surface area (Å²) in [4.78, 5) is 10.4. The maximum atomic E-state index is 10.4. The van der Waals surface area contributed by atoms with Crippen molar-refractivity contribution >= 4 is 17.7 Å². The van der Waals surface area contributed by atoms with Gasteiger partial charge in [-0.3, -0.25) is 4.79 Å². The number of aromatic nitrogens is 2. The van der Waals surface area contributed by atoms with Crippen LogP contribution in [0.2, 0.25) is 0 Å². The smallest absolute Gasteiger partial charge is 0.314 e. The average molecular weight is 264 g/mol. The third-order valence-corrected chi connectivity index (χ3v) is 3.05. The van der Waals surface area contributed by atoms with Crippen LogP contribution in [0.15, 0.2) is 33.9 Å². The molecule has 5 nitrogen and oxygen atoms in total. The number of rotatable bonds is 5. The minimum Gasteiger partial charge on any atom is -0.481 e. The van der Waals surface area contributed by atoms with E-state index >= 15 is 0 Å². The van der Waals surface area contributed by atoms with Gasteiger partial charge in [-0.2, -0.15) is 0 Å². The van der Waals surface area contributed by atoms with Crippen molar-refractivity contribution in [1.29, 1.82) is 0 Å². The second-order valence-electron chi connectivity index (χ2n) is 3.81. The number of carboxylic acids is 1. The molecule has 2 aromatic rings. The van der Waals surface area contributed by atoms with E-state index in [9.17, 15) is 4.79 Å². The molecule has 1 N–H and O–H groups in total. The van der Waals surface area contributed by atoms with E-state index in [1.807, 2.05) is 31.2 Å². The molecule has 0 fully saturated rings. The van der Waals surface area contributed by atoms with Gasteiger partial charge in [0.05, 0.1) is 6.42 Å². The highest BCUT2D eigenvalue weighted by molar-refractivity contribution is 7.99. The van der Waals surface area contributed by atoms with Gasteiger partial charge >= 0.3 is 5.97 Å². The molecule has 2 rings (SSSR count). The highest BCUT2D eigenvalue weighted by Gasteiger charge is 2.09. The Morgan fingerprint density at radius 2 is 2.06 bits per heavy atom. The summed E-state index contributed by atoms with van der Waals surface area (Å²) in [7, 11) is 0. The standard InChI is InChI=1S/C12H12N2O3S/c1-8-2-4-9(5-3-8)6-10-13-14-12(17-10)18-7-11(15)16/h2-5H,6-7H2,1H3,(H,15,16). The van der Waals surface area contributed by atoms with Crippen molar-refractivity contribution in [3.05, 3.63) is 41.3 Å². The Bertz CT molecular complexity index is 537. The van der Waals surface area contributed by atoms with Crippen LogP contribution in [0.4, 0.5) is 0 Å². The second kappa shape index (κ2) is 5.68. The lowest BCUT2D eigenvalue weighted by Crippen LogP contribution is -1.97. The van der Waals surface area contributed by atoms with Crippen molar-refractivity contribution in [3.63, 3.8) is 0 Å². The molecule has 0 radical (unpaired) electrons. The summed E-state index contributed by atoms with van der Waals surface area (Å²) in [5.41, 5.74) is 2.28. The van der Waals surface area contributed by atoms with Crippen molar-refractivity contribution < 1.29 is 14.3 Å². The van der Waals surface area contributed by atoms with Crippen LogP contribution in [0.25, 0.3) is 0 Å². The van der Waals surface area contributed by atoms with Gasteiger partial charge in [-0.1, -0.05) is 41.6 Å². The number of aryl methyl sites for hydroxylation is 1. The second-order valence-corrected chi connectivity index (χ2v) is 4.73. The van der Waals surface area contributed by atoms with E-state index in [2.05, 4.69) is 10.2 Å². The molecule has 0 saturated heterocycles. The number of hydrogen-bond acceptors (Lipinski definition) is 5. The third-order valence-electron chi connectivity index (χ3n) is 2.24. The van der Waals surface area contributed by atoms with Crippen LogP contribution in [0, 0.1) is 6.92 Å². The zero-order chi connectivity index (χ0) is 13.0. The normalized spacial score (nSPS) is 10.5. The van der Waals surface area contributed by atoms with E-state index in [0.29, 0.717) is 17.5 Å². The molecule has 0 unspecified atom stereocenters. The average Bonchev–Trinajstić information content (AvgIpc) is 2.77. The lowest BCUT2D eigenvalue weighted by Gasteiger charge is -1.97. The molecule has 18 heavy (non-hydrogen) atoms. The Morgan fingerprint density at radius 3 is 2.72 bits per heavy atom. The molecule has 0 amide bonds. The topological polar surface area (TPSA) is 76.2 Å². The largest absolute Gasteiger partial charge is 0.481 e. The number of carbonyl (C=O) groups is 1. The molecule has 94 valence electrons. The van der Waals surface area contributed by atoms with Crippen LogP contribution in [-0.4, -0.2) is 27.0 Å². The van der Waals surface area contributed by atoms with Crippen LogP contribution >= 0.6 is 11.8 Å². The van der Waals surface area contributed by atoms with Gasteiger partial charge in [0.15, 0.2) is 0 Å². The van der Waals surface area contributed by atoms with Gasteiger partial charge in [0.25, 0.3) is 5.22 Å². The Balaban J connectivity index is 1.97. The molecule has 0 aliphatic rings. The molecule has 0 atom stereocenters. The number of benzene rings is 1. The maximum absolute atomic E-state index is 10.4. The fourth-order valence-corrected chi connectivity index (χ4v) is 1.87. The number of nitrogens with zero attached hydrogens (tertiary/aromatic N) is 2. The molecule has 1 aromatic heterocycles. The van der Waals surface area contributed by atoms with E-state index in [-0.39, 0.29) is 5.75 Å². The summed E-state index contributed by atoms with van der Waals surface area (Å²) in [6.07, 6.45) is 0.556. The van der Waals surface area contributed by atoms with E-state index in [1.54, 1.807) is 0 Å². The molecule has 6 heteroatoms. The predicted molar refractivity (Wildman–Crippen MR) is 66.6 cm³/mol. The lowest BCUT2D eigenvalue weighted by molar-refractivity contribution is -0.133. The Kier molecular flexibility index (Phi) is 3.99. The van der Waals surface area contributed by atoms with Gasteiger partial charge in [0.1, 0.15) is 5.75 Å². The van der Waals surface area contributed by atoms with Gasteiger partial charge in [0.2, 0.25) is 5.89 Å². The lowest BCUT2D eigenvalue weighted by atomic mass is 10.1. The first-order chi connectivity index (χ1) is 8.63. The highest BCUT2D eigenvalue weighted by Crippen LogP contribution is 2.17. The Hall–Kier alpha value is -1.82. The fourth-order valence-electron chi connectivity index (χ4n) is 1.37. The SMILES string of the molecule is Cc1ccc(Cc2nnc(SCC(=O)O)o2)cc1. The van der Waals surface area contributed by atoms with Gasteiger partial charge in [-0.25, -0.2) is 0 Å². The fraction of sp³-hybridized carbons (Fsp3) is 0.250. The third kappa shape index (κ3) is 3.59. The maximum Gasteiger partial charge on any atom is 0.314 e. The first-order valence-corrected chi connectivity index (χ1v) is 6.34. The van der Waals surface area contributed by atoms with Gasteiger partial charge in [-0.15, -0.1) is 10.2 Å². The minimum absolute atomic E-state index is 0.0772. The van der Waals surface area contributed by atoms with Crippen LogP contribution in [0.1, 0.15) is 17.0 Å². The predicted octanol–water partition coefficient (Wildman–Crippen LogP) is 2.15. The quantitative estimate of drug-likeness (QED) is 0.834. The van der Waals surface area contributed by atoms with E-state index < -0.39 is 5.97 Å². The molecule has 1 aromatic carbocycles. The zero-order valence-electron chi connectivity index (χ0n) is 9.79. The van der Waals surface area contributed by atoms with Gasteiger partial charge < -0.3 is 9.52 Å². The van der Waals surface area contributed by atoms with Crippen LogP contribution in [0.5, 0.6) is 0 Å². The van der Waals surface area contributed by atoms with E-state index in [0.717, 1.165) is 17.3 Å². The molecule has 0 aliphatic carbocycles. The van der Waals surface area contributed by atoms with Crippen molar-refractivity contribution in [2.45, 2.75) is 18.6 Å². The summed E-state index contributed by atoms with van der Waals surface area (Å²) in [5.74, 6) is -0.489. The van der Waals surface area contributed by atoms with Crippen LogP contribution in [-0.2, 0) is 11.2 Å². The van der Waals surface area contributed by atoms with Crippen LogP contribution in [0.3, 0.4) is 0 Å². The number of hydrogen-bond donors (Lipinski definition) is 1. The zero-order valence-corrected chi connectivity index (χ0v) is 10.6. The van der Waals surface area contributed by atoms with Gasteiger partial charge in [0, 0.05) is 0 Å². The summed E-state index contributed by atoms with van der Waals surface area (Å²) in [6, 6.07) is 8.05. The van der Waals surface area contributed by atoms with Crippen molar-refractivity contribution in [2.75, 3.05) is 5.75 Å². The summed E-state index contributed by atoms with van der Waals surface area (Å²) >= 11 is 1.02. The van der Waals surface area contributed by atoms with E-state index in [1.165, 1.54) is 5.56 Å². The number of thioether (sulfide) groups is 1. The highest BCUT2D eigenvalue weighted by atomic mass is 32.2. The number of carboxylic acid groups (broad SMARTS) is 1. The molecular weight excluding hydrogens is 252 g/mol. The summed E-state index contributed by atoms with van der Waals surface area (Å²) in [6.45, 7) is 2.02. The van der Waals surface area contributed by atoms with Crippen molar-refractivity contribution in [2.24, 2.45) is 0 Å². The van der Waals surface area contributed by atoms with E-state index in [4.69, 9.17) is 9.52 Å². The minimum atomic E-state index is -0.904. The monoisotopic (exact) mass is 264 g/mol. The molecule has 1 heterocycles.